The molecule has 0 radical (unpaired) electrons. The summed E-state index contributed by atoms with van der Waals surface area (Å²) in [6.07, 6.45) is 1.24. The lowest BCUT2D eigenvalue weighted by molar-refractivity contribution is -0.119. The van der Waals surface area contributed by atoms with Crippen molar-refractivity contribution in [2.24, 2.45) is 0 Å². The summed E-state index contributed by atoms with van der Waals surface area (Å²) in [6.45, 7) is 9.20. The highest BCUT2D eigenvalue weighted by molar-refractivity contribution is 7.90. The van der Waals surface area contributed by atoms with Gasteiger partial charge in [0, 0.05) is 31.8 Å². The van der Waals surface area contributed by atoms with Crippen molar-refractivity contribution in [3.05, 3.63) is 0 Å². The molecule has 102 valence electrons. The second kappa shape index (κ2) is 6.35. The third-order valence-electron chi connectivity index (χ3n) is 2.74. The first-order valence-electron chi connectivity index (χ1n) is 5.75. The molecule has 0 aliphatic heterocycles. The van der Waals surface area contributed by atoms with Gasteiger partial charge < -0.3 is 5.32 Å². The molecule has 0 unspecified atom stereocenters. The fourth-order valence-electron chi connectivity index (χ4n) is 1.62. The van der Waals surface area contributed by atoms with Gasteiger partial charge in [0.25, 0.3) is 0 Å². The van der Waals surface area contributed by atoms with Crippen LogP contribution in [0.2, 0.25) is 0 Å². The van der Waals surface area contributed by atoms with Crippen LogP contribution in [0.15, 0.2) is 0 Å². The molecule has 6 heteroatoms. The normalized spacial score (nSPS) is 12.8. The minimum atomic E-state index is -2.95. The molecule has 0 heterocycles. The Kier molecular flexibility index (Phi) is 6.12. The van der Waals surface area contributed by atoms with E-state index in [-0.39, 0.29) is 17.2 Å². The van der Waals surface area contributed by atoms with Crippen LogP contribution in [-0.2, 0) is 14.6 Å². The van der Waals surface area contributed by atoms with Gasteiger partial charge in [0.2, 0.25) is 5.91 Å². The maximum absolute atomic E-state index is 11.1. The summed E-state index contributed by atoms with van der Waals surface area (Å²) in [5, 5.41) is 2.77. The highest BCUT2D eigenvalue weighted by Gasteiger charge is 2.26. The number of carbonyl (C=O) groups is 1. The average Bonchev–Trinajstić information content (AvgIpc) is 2.13. The molecule has 0 bridgehead atoms. The Morgan fingerprint density at radius 2 is 1.88 bits per heavy atom. The Morgan fingerprint density at radius 3 is 2.24 bits per heavy atom. The van der Waals surface area contributed by atoms with E-state index in [4.69, 9.17) is 0 Å². The van der Waals surface area contributed by atoms with Crippen molar-refractivity contribution in [3.8, 4) is 0 Å². The summed E-state index contributed by atoms with van der Waals surface area (Å²) >= 11 is 0. The van der Waals surface area contributed by atoms with Gasteiger partial charge >= 0.3 is 0 Å². The smallest absolute Gasteiger partial charge is 0.216 e. The van der Waals surface area contributed by atoms with Crippen molar-refractivity contribution in [2.75, 3.05) is 31.6 Å². The van der Waals surface area contributed by atoms with Crippen molar-refractivity contribution in [3.63, 3.8) is 0 Å². The molecule has 5 nitrogen and oxygen atoms in total. The summed E-state index contributed by atoms with van der Waals surface area (Å²) < 4.78 is 22.3. The van der Waals surface area contributed by atoms with E-state index < -0.39 is 9.84 Å². The van der Waals surface area contributed by atoms with Crippen LogP contribution in [0.4, 0.5) is 0 Å². The number of amides is 1. The largest absolute Gasteiger partial charge is 0.355 e. The Morgan fingerprint density at radius 1 is 1.35 bits per heavy atom. The van der Waals surface area contributed by atoms with E-state index in [2.05, 4.69) is 10.2 Å². The molecule has 0 saturated heterocycles. The highest BCUT2D eigenvalue weighted by Crippen LogP contribution is 2.13. The lowest BCUT2D eigenvalue weighted by atomic mass is 10.0. The van der Waals surface area contributed by atoms with Crippen LogP contribution in [0.3, 0.4) is 0 Å². The zero-order chi connectivity index (χ0) is 13.7. The summed E-state index contributed by atoms with van der Waals surface area (Å²) in [5.41, 5.74) is -0.245. The molecule has 0 aliphatic rings. The van der Waals surface area contributed by atoms with Gasteiger partial charge in [-0.2, -0.15) is 0 Å². The Bertz CT molecular complexity index is 350. The SMILES string of the molecule is CCN(CCS(C)(=O)=O)C(C)(C)CNC(C)=O. The molecule has 1 N–H and O–H groups in total. The molecule has 0 aliphatic carbocycles. The zero-order valence-corrected chi connectivity index (χ0v) is 12.2. The van der Waals surface area contributed by atoms with Gasteiger partial charge in [0.1, 0.15) is 9.84 Å². The van der Waals surface area contributed by atoms with Crippen molar-refractivity contribution in [2.45, 2.75) is 33.2 Å². The van der Waals surface area contributed by atoms with Gasteiger partial charge in [0.15, 0.2) is 0 Å². The number of sulfone groups is 1. The minimum Gasteiger partial charge on any atom is -0.355 e. The number of rotatable bonds is 7. The van der Waals surface area contributed by atoms with Crippen LogP contribution in [0.25, 0.3) is 0 Å². The molecule has 0 saturated carbocycles. The quantitative estimate of drug-likeness (QED) is 0.716. The summed E-state index contributed by atoms with van der Waals surface area (Å²) in [5.74, 6) is 0.0712. The average molecular weight is 264 g/mol. The number of likely N-dealkylation sites (N-methyl/N-ethyl adjacent to an activating group) is 1. The summed E-state index contributed by atoms with van der Waals surface area (Å²) in [7, 11) is -2.95. The van der Waals surface area contributed by atoms with Gasteiger partial charge in [-0.1, -0.05) is 6.92 Å². The van der Waals surface area contributed by atoms with Gasteiger partial charge in [-0.3, -0.25) is 9.69 Å². The predicted molar refractivity (Wildman–Crippen MR) is 69.7 cm³/mol. The van der Waals surface area contributed by atoms with Gasteiger partial charge in [-0.05, 0) is 20.4 Å². The number of nitrogens with one attached hydrogen (secondary N) is 1. The monoisotopic (exact) mass is 264 g/mol. The van der Waals surface area contributed by atoms with Crippen molar-refractivity contribution >= 4 is 15.7 Å². The van der Waals surface area contributed by atoms with E-state index in [0.717, 1.165) is 6.54 Å². The van der Waals surface area contributed by atoms with Crippen LogP contribution >= 0.6 is 0 Å². The molecule has 0 fully saturated rings. The first-order chi connectivity index (χ1) is 7.58. The molecule has 0 rings (SSSR count). The topological polar surface area (TPSA) is 66.5 Å². The second-order valence-electron chi connectivity index (χ2n) is 4.93. The van der Waals surface area contributed by atoms with Crippen LogP contribution in [0.5, 0.6) is 0 Å². The van der Waals surface area contributed by atoms with Crippen molar-refractivity contribution in [1.29, 1.82) is 0 Å². The van der Waals surface area contributed by atoms with E-state index >= 15 is 0 Å². The third-order valence-corrected chi connectivity index (χ3v) is 3.66. The van der Waals surface area contributed by atoms with Crippen molar-refractivity contribution in [1.82, 2.24) is 10.2 Å². The first-order valence-corrected chi connectivity index (χ1v) is 7.82. The van der Waals surface area contributed by atoms with E-state index in [1.54, 1.807) is 0 Å². The molecular weight excluding hydrogens is 240 g/mol. The third kappa shape index (κ3) is 7.33. The Labute approximate surface area is 104 Å². The van der Waals surface area contributed by atoms with Gasteiger partial charge in [0.05, 0.1) is 5.75 Å². The summed E-state index contributed by atoms with van der Waals surface area (Å²) in [4.78, 5) is 13.0. The van der Waals surface area contributed by atoms with E-state index in [0.29, 0.717) is 13.1 Å². The fraction of sp³-hybridized carbons (Fsp3) is 0.909. The molecule has 0 aromatic rings. The lowest BCUT2D eigenvalue weighted by Gasteiger charge is -2.37. The van der Waals surface area contributed by atoms with Crippen LogP contribution in [0, 0.1) is 0 Å². The molecule has 0 spiro atoms. The lowest BCUT2D eigenvalue weighted by Crippen LogP contribution is -2.52. The van der Waals surface area contributed by atoms with Crippen LogP contribution in [0.1, 0.15) is 27.7 Å². The summed E-state index contributed by atoms with van der Waals surface area (Å²) in [6, 6.07) is 0. The molecule has 1 amide bonds. The maximum atomic E-state index is 11.1. The van der Waals surface area contributed by atoms with Crippen molar-refractivity contribution < 1.29 is 13.2 Å². The van der Waals surface area contributed by atoms with E-state index in [9.17, 15) is 13.2 Å². The molecule has 0 aromatic carbocycles. The Balaban J connectivity index is 4.46. The van der Waals surface area contributed by atoms with Crippen LogP contribution in [-0.4, -0.2) is 56.4 Å². The maximum Gasteiger partial charge on any atom is 0.216 e. The van der Waals surface area contributed by atoms with Gasteiger partial charge in [-0.15, -0.1) is 0 Å². The fourth-order valence-corrected chi connectivity index (χ4v) is 2.17. The number of carbonyl (C=O) groups excluding carboxylic acids is 1. The Hall–Kier alpha value is -0.620. The molecule has 0 atom stereocenters. The van der Waals surface area contributed by atoms with Crippen LogP contribution < -0.4 is 5.32 Å². The predicted octanol–water partition coefficient (Wildman–Crippen LogP) is 0.268. The van der Waals surface area contributed by atoms with E-state index in [1.807, 2.05) is 20.8 Å². The molecule has 0 aromatic heterocycles. The van der Waals surface area contributed by atoms with E-state index in [1.165, 1.54) is 13.2 Å². The van der Waals surface area contributed by atoms with Gasteiger partial charge in [-0.25, -0.2) is 8.42 Å². The minimum absolute atomic E-state index is 0.0720. The number of hydrogen-bond donors (Lipinski definition) is 1. The highest BCUT2D eigenvalue weighted by atomic mass is 32.2. The number of hydrogen-bond acceptors (Lipinski definition) is 4. The standard InChI is InChI=1S/C11H24N2O3S/c1-6-13(7-8-17(5,15)16)11(3,4)9-12-10(2)14/h6-9H2,1-5H3,(H,12,14). The molecular formula is C11H24N2O3S. The second-order valence-corrected chi connectivity index (χ2v) is 7.19. The zero-order valence-electron chi connectivity index (χ0n) is 11.4. The molecule has 17 heavy (non-hydrogen) atoms. The first kappa shape index (κ1) is 16.4. The number of nitrogens with zero attached hydrogens (tertiary/aromatic N) is 1.